The number of hydrogen-bond acceptors (Lipinski definition) is 3. The fourth-order valence-corrected chi connectivity index (χ4v) is 4.01. The molecule has 8 heteroatoms. The van der Waals surface area contributed by atoms with Crippen molar-refractivity contribution in [1.82, 2.24) is 0 Å². The van der Waals surface area contributed by atoms with Gasteiger partial charge in [0.1, 0.15) is 0 Å². The van der Waals surface area contributed by atoms with Crippen LogP contribution in [0, 0.1) is 5.92 Å². The Balaban J connectivity index is 2.17. The van der Waals surface area contributed by atoms with Crippen LogP contribution < -0.4 is 5.73 Å². The minimum absolute atomic E-state index is 0.0581. The van der Waals surface area contributed by atoms with Gasteiger partial charge in [0.05, 0.1) is 11.5 Å². The van der Waals surface area contributed by atoms with Gasteiger partial charge in [0.15, 0.2) is 5.78 Å². The summed E-state index contributed by atoms with van der Waals surface area (Å²) >= 11 is 6.04. The third kappa shape index (κ3) is 5.97. The molecule has 0 saturated heterocycles. The summed E-state index contributed by atoms with van der Waals surface area (Å²) in [5.74, 6) is -2.32. The molecule has 0 saturated carbocycles. The van der Waals surface area contributed by atoms with Crippen molar-refractivity contribution in [2.45, 2.75) is 32.4 Å². The molecule has 3 aromatic carbocycles. The lowest BCUT2D eigenvalue weighted by atomic mass is 9.86. The Kier molecular flexibility index (Phi) is 7.36. The first-order valence-corrected chi connectivity index (χ1v) is 10.9. The van der Waals surface area contributed by atoms with Gasteiger partial charge in [-0.25, -0.2) is 0 Å². The van der Waals surface area contributed by atoms with Crippen molar-refractivity contribution in [2.75, 3.05) is 5.73 Å². The number of carbonyl (C=O) groups is 2. The molecule has 0 aromatic heterocycles. The Morgan fingerprint density at radius 3 is 2.09 bits per heavy atom. The number of hydrogen-bond donors (Lipinski definition) is 2. The van der Waals surface area contributed by atoms with Gasteiger partial charge in [-0.15, -0.1) is 0 Å². The van der Waals surface area contributed by atoms with Gasteiger partial charge in [0.2, 0.25) is 0 Å². The molecule has 0 radical (unpaired) electrons. The molecule has 0 bridgehead atoms. The van der Waals surface area contributed by atoms with Gasteiger partial charge in [-0.05, 0) is 71.5 Å². The molecule has 0 aliphatic carbocycles. The highest BCUT2D eigenvalue weighted by molar-refractivity contribution is 6.31. The van der Waals surface area contributed by atoms with Gasteiger partial charge in [0, 0.05) is 21.8 Å². The van der Waals surface area contributed by atoms with Crippen LogP contribution in [0.3, 0.4) is 0 Å². The third-order valence-electron chi connectivity index (χ3n) is 5.35. The van der Waals surface area contributed by atoms with Gasteiger partial charge in [0.25, 0.3) is 0 Å². The summed E-state index contributed by atoms with van der Waals surface area (Å²) in [5, 5.41) is 10.1. The Labute approximate surface area is 200 Å². The van der Waals surface area contributed by atoms with Crippen LogP contribution in [-0.4, -0.2) is 16.9 Å². The molecule has 0 heterocycles. The molecule has 0 aliphatic heterocycles. The van der Waals surface area contributed by atoms with Crippen molar-refractivity contribution in [3.05, 3.63) is 87.9 Å². The Morgan fingerprint density at radius 2 is 1.56 bits per heavy atom. The number of carboxylic acids is 1. The number of rotatable bonds is 7. The van der Waals surface area contributed by atoms with E-state index in [1.54, 1.807) is 6.07 Å². The van der Waals surface area contributed by atoms with Gasteiger partial charge in [-0.2, -0.15) is 13.2 Å². The maximum Gasteiger partial charge on any atom is 0.416 e. The number of nitrogen functional groups attached to an aromatic ring is 1. The van der Waals surface area contributed by atoms with Crippen molar-refractivity contribution >= 4 is 29.0 Å². The van der Waals surface area contributed by atoms with Crippen molar-refractivity contribution < 1.29 is 27.9 Å². The molecule has 0 aliphatic rings. The average Bonchev–Trinajstić information content (AvgIpc) is 2.75. The van der Waals surface area contributed by atoms with Gasteiger partial charge >= 0.3 is 12.1 Å². The molecule has 3 rings (SSSR count). The number of carbonyl (C=O) groups excluding carboxylic acids is 1. The van der Waals surface area contributed by atoms with Crippen LogP contribution in [0.25, 0.3) is 11.1 Å². The minimum Gasteiger partial charge on any atom is -0.481 e. The van der Waals surface area contributed by atoms with E-state index in [1.165, 1.54) is 42.5 Å². The number of carboxylic acid groups (broad SMARTS) is 1. The summed E-state index contributed by atoms with van der Waals surface area (Å²) < 4.78 is 39.0. The Bertz CT molecular complexity index is 1200. The zero-order valence-electron chi connectivity index (χ0n) is 18.5. The zero-order chi connectivity index (χ0) is 25.2. The molecule has 34 heavy (non-hydrogen) atoms. The molecular weight excluding hydrogens is 467 g/mol. The predicted molar refractivity (Wildman–Crippen MR) is 126 cm³/mol. The largest absolute Gasteiger partial charge is 0.481 e. The normalized spacial score (nSPS) is 12.6. The number of aliphatic carboxylic acids is 1. The van der Waals surface area contributed by atoms with E-state index < -0.39 is 29.4 Å². The number of ketones is 1. The number of benzene rings is 3. The van der Waals surface area contributed by atoms with E-state index in [2.05, 4.69) is 0 Å². The van der Waals surface area contributed by atoms with E-state index in [0.717, 1.165) is 12.1 Å². The molecule has 1 unspecified atom stereocenters. The standard InChI is InChI=1S/C26H23ClF3NO3/c1-14(2)7-23(25(33)34)17-8-16(15-3-5-20(6-4-15)26(28,29)30)9-18(10-17)24(32)19-11-21(27)13-22(31)12-19/h3-6,8-14,23H,7,31H2,1-2H3,(H,33,34). The van der Waals surface area contributed by atoms with E-state index >= 15 is 0 Å². The van der Waals surface area contributed by atoms with Crippen LogP contribution in [0.4, 0.5) is 18.9 Å². The second-order valence-electron chi connectivity index (χ2n) is 8.54. The van der Waals surface area contributed by atoms with Gasteiger partial charge in [-0.3, -0.25) is 9.59 Å². The minimum atomic E-state index is -4.49. The Hall–Kier alpha value is -3.32. The quantitative estimate of drug-likeness (QED) is 0.275. The third-order valence-corrected chi connectivity index (χ3v) is 5.57. The number of halogens is 4. The van der Waals surface area contributed by atoms with Crippen LogP contribution in [-0.2, 0) is 11.0 Å². The highest BCUT2D eigenvalue weighted by atomic mass is 35.5. The molecule has 0 spiro atoms. The molecule has 0 fully saturated rings. The van der Waals surface area contributed by atoms with E-state index in [9.17, 15) is 27.9 Å². The summed E-state index contributed by atoms with van der Waals surface area (Å²) in [6.07, 6.45) is -4.16. The highest BCUT2D eigenvalue weighted by Gasteiger charge is 2.30. The second kappa shape index (κ2) is 9.89. The first kappa shape index (κ1) is 25.3. The van der Waals surface area contributed by atoms with E-state index in [1.807, 2.05) is 13.8 Å². The number of anilines is 1. The van der Waals surface area contributed by atoms with Crippen LogP contribution in [0.2, 0.25) is 5.02 Å². The summed E-state index contributed by atoms with van der Waals surface area (Å²) in [5.41, 5.74) is 6.94. The van der Waals surface area contributed by atoms with Crippen molar-refractivity contribution in [3.63, 3.8) is 0 Å². The molecule has 3 aromatic rings. The summed E-state index contributed by atoms with van der Waals surface area (Å²) in [4.78, 5) is 25.3. The smallest absolute Gasteiger partial charge is 0.416 e. The highest BCUT2D eigenvalue weighted by Crippen LogP contribution is 2.34. The first-order valence-electron chi connectivity index (χ1n) is 10.5. The van der Waals surface area contributed by atoms with Crippen LogP contribution in [0.1, 0.15) is 53.2 Å². The van der Waals surface area contributed by atoms with E-state index in [-0.39, 0.29) is 27.8 Å². The predicted octanol–water partition coefficient (Wildman–Crippen LogP) is 7.05. The van der Waals surface area contributed by atoms with Crippen LogP contribution >= 0.6 is 11.6 Å². The second-order valence-corrected chi connectivity index (χ2v) is 8.98. The molecule has 178 valence electrons. The number of alkyl halides is 3. The van der Waals surface area contributed by atoms with E-state index in [4.69, 9.17) is 17.3 Å². The monoisotopic (exact) mass is 489 g/mol. The maximum absolute atomic E-state index is 13.3. The lowest BCUT2D eigenvalue weighted by Gasteiger charge is -2.18. The molecule has 0 amide bonds. The lowest BCUT2D eigenvalue weighted by molar-refractivity contribution is -0.139. The lowest BCUT2D eigenvalue weighted by Crippen LogP contribution is -2.15. The fourth-order valence-electron chi connectivity index (χ4n) is 3.76. The van der Waals surface area contributed by atoms with Crippen molar-refractivity contribution in [1.29, 1.82) is 0 Å². The average molecular weight is 490 g/mol. The Morgan fingerprint density at radius 1 is 0.941 bits per heavy atom. The van der Waals surface area contributed by atoms with E-state index in [0.29, 0.717) is 23.1 Å². The topological polar surface area (TPSA) is 80.4 Å². The molecule has 1 atom stereocenters. The van der Waals surface area contributed by atoms with Crippen molar-refractivity contribution in [2.24, 2.45) is 5.92 Å². The summed E-state index contributed by atoms with van der Waals surface area (Å²) in [6.45, 7) is 3.77. The molecule has 3 N–H and O–H groups in total. The number of nitrogens with two attached hydrogens (primary N) is 1. The van der Waals surface area contributed by atoms with Gasteiger partial charge in [-0.1, -0.05) is 43.6 Å². The molecular formula is C26H23ClF3NO3. The molecule has 4 nitrogen and oxygen atoms in total. The van der Waals surface area contributed by atoms with Crippen LogP contribution in [0.5, 0.6) is 0 Å². The maximum atomic E-state index is 13.3. The van der Waals surface area contributed by atoms with Gasteiger partial charge < -0.3 is 10.8 Å². The van der Waals surface area contributed by atoms with Crippen LogP contribution in [0.15, 0.2) is 60.7 Å². The zero-order valence-corrected chi connectivity index (χ0v) is 19.2. The fraction of sp³-hybridized carbons (Fsp3) is 0.231. The first-order chi connectivity index (χ1) is 15.8. The summed E-state index contributed by atoms with van der Waals surface area (Å²) in [7, 11) is 0. The SMILES string of the molecule is CC(C)CC(C(=O)O)c1cc(C(=O)c2cc(N)cc(Cl)c2)cc(-c2ccc(C(F)(F)F)cc2)c1. The summed E-state index contributed by atoms with van der Waals surface area (Å²) in [6, 6.07) is 13.5. The van der Waals surface area contributed by atoms with Crippen molar-refractivity contribution in [3.8, 4) is 11.1 Å².